The average molecular weight is 398 g/mol. The second-order valence-corrected chi connectivity index (χ2v) is 7.64. The van der Waals surface area contributed by atoms with Crippen LogP contribution in [0.25, 0.3) is 0 Å². The molecular weight excluding hydrogens is 380 g/mol. The van der Waals surface area contributed by atoms with Crippen LogP contribution in [0.15, 0.2) is 74.8 Å². The van der Waals surface area contributed by atoms with Gasteiger partial charge in [-0.05, 0) is 48.5 Å². The molecule has 8 heteroatoms. The number of hydrogen-bond donors (Lipinski definition) is 1. The quantitative estimate of drug-likeness (QED) is 0.589. The lowest BCUT2D eigenvalue weighted by molar-refractivity contribution is 0.0755. The number of carbonyl (C=O) groups is 1. The zero-order valence-electron chi connectivity index (χ0n) is 14.9. The zero-order valence-corrected chi connectivity index (χ0v) is 15.7. The maximum Gasteiger partial charge on any atom is 0.255 e. The van der Waals surface area contributed by atoms with E-state index in [2.05, 4.69) is 10.6 Å². The number of nitrogens with one attached hydrogen (secondary N) is 1. The van der Waals surface area contributed by atoms with Gasteiger partial charge in [0.2, 0.25) is 10.0 Å². The minimum absolute atomic E-state index is 0.0368. The molecule has 28 heavy (non-hydrogen) atoms. The molecule has 1 amide bonds. The molecular formula is C20H18N2O5S. The van der Waals surface area contributed by atoms with E-state index < -0.39 is 10.0 Å². The Kier molecular flexibility index (Phi) is 5.99. The first-order valence-electron chi connectivity index (χ1n) is 8.37. The molecule has 0 aliphatic heterocycles. The number of sulfonamides is 1. The summed E-state index contributed by atoms with van der Waals surface area (Å²) in [6.45, 7) is 0.361. The minimum atomic E-state index is -3.73. The van der Waals surface area contributed by atoms with E-state index in [1.165, 1.54) is 41.7 Å². The van der Waals surface area contributed by atoms with E-state index in [1.54, 1.807) is 24.3 Å². The van der Waals surface area contributed by atoms with Crippen LogP contribution in [0.5, 0.6) is 0 Å². The Hall–Kier alpha value is -3.28. The van der Waals surface area contributed by atoms with E-state index in [0.717, 1.165) is 0 Å². The number of terminal acetylenes is 1. The van der Waals surface area contributed by atoms with E-state index in [9.17, 15) is 13.2 Å². The van der Waals surface area contributed by atoms with Crippen LogP contribution in [-0.2, 0) is 23.1 Å². The normalized spacial score (nSPS) is 11.1. The molecule has 0 spiro atoms. The maximum atomic E-state index is 12.7. The average Bonchev–Trinajstić information content (AvgIpc) is 3.40. The number of carbonyl (C=O) groups excluding carboxylic acids is 1. The van der Waals surface area contributed by atoms with Crippen molar-refractivity contribution in [1.29, 1.82) is 0 Å². The highest BCUT2D eigenvalue weighted by Gasteiger charge is 2.19. The second kappa shape index (κ2) is 8.61. The Morgan fingerprint density at radius 1 is 1.04 bits per heavy atom. The number of benzene rings is 1. The first-order valence-corrected chi connectivity index (χ1v) is 9.85. The molecule has 7 nitrogen and oxygen atoms in total. The van der Waals surface area contributed by atoms with Crippen LogP contribution >= 0.6 is 0 Å². The van der Waals surface area contributed by atoms with Crippen molar-refractivity contribution in [3.8, 4) is 12.3 Å². The fraction of sp³-hybridized carbons (Fsp3) is 0.150. The Morgan fingerprint density at radius 3 is 2.25 bits per heavy atom. The number of hydrogen-bond acceptors (Lipinski definition) is 5. The third kappa shape index (κ3) is 4.71. The van der Waals surface area contributed by atoms with Gasteiger partial charge in [0.15, 0.2) is 0 Å². The highest BCUT2D eigenvalue weighted by Crippen LogP contribution is 2.15. The molecule has 1 N–H and O–H groups in total. The first kappa shape index (κ1) is 19.5. The van der Waals surface area contributed by atoms with Crippen LogP contribution < -0.4 is 4.72 Å². The molecule has 0 unspecified atom stereocenters. The molecule has 0 saturated heterocycles. The Labute approximate surface area is 163 Å². The smallest absolute Gasteiger partial charge is 0.255 e. The fourth-order valence-electron chi connectivity index (χ4n) is 2.52. The van der Waals surface area contributed by atoms with Gasteiger partial charge in [-0.25, -0.2) is 13.1 Å². The van der Waals surface area contributed by atoms with Crippen LogP contribution in [0, 0.1) is 12.3 Å². The van der Waals surface area contributed by atoms with Crippen molar-refractivity contribution >= 4 is 15.9 Å². The van der Waals surface area contributed by atoms with Gasteiger partial charge in [0.1, 0.15) is 11.5 Å². The lowest BCUT2D eigenvalue weighted by Crippen LogP contribution is -2.31. The molecule has 0 bridgehead atoms. The summed E-state index contributed by atoms with van der Waals surface area (Å²) < 4.78 is 37.5. The molecule has 3 aromatic rings. The van der Waals surface area contributed by atoms with Crippen molar-refractivity contribution in [3.63, 3.8) is 0 Å². The molecule has 0 radical (unpaired) electrons. The largest absolute Gasteiger partial charge is 0.468 e. The highest BCUT2D eigenvalue weighted by molar-refractivity contribution is 7.89. The monoisotopic (exact) mass is 398 g/mol. The molecule has 144 valence electrons. The molecule has 0 aliphatic carbocycles. The van der Waals surface area contributed by atoms with E-state index in [4.69, 9.17) is 15.3 Å². The van der Waals surface area contributed by atoms with Gasteiger partial charge in [0.05, 0.1) is 37.1 Å². The number of rotatable bonds is 8. The SMILES string of the molecule is C#CCN(Cc1ccco1)C(=O)c1ccc(S(=O)(=O)NCc2ccco2)cc1. The summed E-state index contributed by atoms with van der Waals surface area (Å²) >= 11 is 0. The summed E-state index contributed by atoms with van der Waals surface area (Å²) in [4.78, 5) is 14.2. The number of furan rings is 2. The number of nitrogens with zero attached hydrogens (tertiary/aromatic N) is 1. The predicted octanol–water partition coefficient (Wildman–Crippen LogP) is 2.63. The maximum absolute atomic E-state index is 12.7. The Balaban J connectivity index is 1.71. The molecule has 2 aromatic heterocycles. The number of amides is 1. The van der Waals surface area contributed by atoms with Crippen LogP contribution in [0.4, 0.5) is 0 Å². The third-order valence-electron chi connectivity index (χ3n) is 3.92. The van der Waals surface area contributed by atoms with Gasteiger partial charge in [0.25, 0.3) is 5.91 Å². The highest BCUT2D eigenvalue weighted by atomic mass is 32.2. The topological polar surface area (TPSA) is 92.8 Å². The Morgan fingerprint density at radius 2 is 1.68 bits per heavy atom. The summed E-state index contributed by atoms with van der Waals surface area (Å²) in [6, 6.07) is 12.5. The van der Waals surface area contributed by atoms with Crippen molar-refractivity contribution in [1.82, 2.24) is 9.62 Å². The van der Waals surface area contributed by atoms with Gasteiger partial charge >= 0.3 is 0 Å². The van der Waals surface area contributed by atoms with Gasteiger partial charge in [-0.3, -0.25) is 4.79 Å². The summed E-state index contributed by atoms with van der Waals surface area (Å²) in [5.41, 5.74) is 0.326. The van der Waals surface area contributed by atoms with Crippen LogP contribution in [0.1, 0.15) is 21.9 Å². The predicted molar refractivity (Wildman–Crippen MR) is 101 cm³/mol. The lowest BCUT2D eigenvalue weighted by atomic mass is 10.2. The third-order valence-corrected chi connectivity index (χ3v) is 5.34. The van der Waals surface area contributed by atoms with Gasteiger partial charge < -0.3 is 13.7 Å². The van der Waals surface area contributed by atoms with Gasteiger partial charge in [-0.15, -0.1) is 6.42 Å². The molecule has 3 rings (SSSR count). The van der Waals surface area contributed by atoms with E-state index in [-0.39, 0.29) is 30.4 Å². The van der Waals surface area contributed by atoms with Crippen LogP contribution in [-0.4, -0.2) is 25.8 Å². The molecule has 0 fully saturated rings. The summed E-state index contributed by atoms with van der Waals surface area (Å²) in [5.74, 6) is 3.23. The minimum Gasteiger partial charge on any atom is -0.468 e. The second-order valence-electron chi connectivity index (χ2n) is 5.87. The standard InChI is InChI=1S/C20H18N2O5S/c1-2-11-22(15-18-6-4-13-27-18)20(23)16-7-9-19(10-8-16)28(24,25)21-14-17-5-3-12-26-17/h1,3-10,12-13,21H,11,14-15H2. The lowest BCUT2D eigenvalue weighted by Gasteiger charge is -2.19. The van der Waals surface area contributed by atoms with Crippen molar-refractivity contribution in [2.24, 2.45) is 0 Å². The van der Waals surface area contributed by atoms with Crippen LogP contribution in [0.2, 0.25) is 0 Å². The van der Waals surface area contributed by atoms with Crippen molar-refractivity contribution in [3.05, 3.63) is 78.1 Å². The van der Waals surface area contributed by atoms with E-state index >= 15 is 0 Å². The fourth-order valence-corrected chi connectivity index (χ4v) is 3.52. The Bertz CT molecular complexity index is 1050. The van der Waals surface area contributed by atoms with Gasteiger partial charge in [0, 0.05) is 5.56 Å². The van der Waals surface area contributed by atoms with Crippen molar-refractivity contribution in [2.45, 2.75) is 18.0 Å². The summed E-state index contributed by atoms with van der Waals surface area (Å²) in [7, 11) is -3.73. The van der Waals surface area contributed by atoms with E-state index in [1.807, 2.05) is 0 Å². The van der Waals surface area contributed by atoms with Crippen LogP contribution in [0.3, 0.4) is 0 Å². The van der Waals surface area contributed by atoms with Gasteiger partial charge in [-0.1, -0.05) is 5.92 Å². The molecule has 0 aliphatic rings. The molecule has 0 saturated carbocycles. The first-order chi connectivity index (χ1) is 13.5. The molecule has 0 atom stereocenters. The van der Waals surface area contributed by atoms with Gasteiger partial charge in [-0.2, -0.15) is 0 Å². The van der Waals surface area contributed by atoms with E-state index in [0.29, 0.717) is 17.1 Å². The summed E-state index contributed by atoms with van der Waals surface area (Å²) in [5, 5.41) is 0. The molecule has 2 heterocycles. The van der Waals surface area contributed by atoms with Crippen molar-refractivity contribution in [2.75, 3.05) is 6.54 Å². The van der Waals surface area contributed by atoms with Crippen molar-refractivity contribution < 1.29 is 22.0 Å². The molecule has 1 aromatic carbocycles. The summed E-state index contributed by atoms with van der Waals surface area (Å²) in [6.07, 6.45) is 8.34. The zero-order chi connectivity index (χ0) is 20.0.